The number of nitrogens with zero attached hydrogens (tertiary/aromatic N) is 3. The third kappa shape index (κ3) is 3.11. The summed E-state index contributed by atoms with van der Waals surface area (Å²) in [5.74, 6) is 7.09. The van der Waals surface area contributed by atoms with Crippen molar-refractivity contribution < 1.29 is 0 Å². The monoisotopic (exact) mass is 495 g/mol. The summed E-state index contributed by atoms with van der Waals surface area (Å²) in [6, 6.07) is 15.5. The summed E-state index contributed by atoms with van der Waals surface area (Å²) in [6.45, 7) is 0.772. The fraction of sp³-hybridized carbons (Fsp3) is 0.788. The molecule has 3 heterocycles. The first kappa shape index (κ1) is 22.4. The van der Waals surface area contributed by atoms with Crippen molar-refractivity contribution in [3.8, 4) is 0 Å². The highest BCUT2D eigenvalue weighted by molar-refractivity contribution is 6.76. The number of benzene rings is 1. The van der Waals surface area contributed by atoms with Gasteiger partial charge in [0, 0.05) is 24.0 Å². The lowest BCUT2D eigenvalue weighted by Crippen LogP contribution is -2.77. The van der Waals surface area contributed by atoms with E-state index in [-0.39, 0.29) is 0 Å². The van der Waals surface area contributed by atoms with E-state index in [2.05, 4.69) is 40.1 Å². The van der Waals surface area contributed by atoms with E-state index in [4.69, 9.17) is 4.99 Å². The Morgan fingerprint density at radius 1 is 0.649 bits per heavy atom. The highest BCUT2D eigenvalue weighted by Crippen LogP contribution is 2.63. The Morgan fingerprint density at radius 2 is 1.43 bits per heavy atom. The quantitative estimate of drug-likeness (QED) is 0.423. The van der Waals surface area contributed by atoms with E-state index in [0.717, 1.165) is 66.2 Å². The molecule has 1 aromatic carbocycles. The molecule has 0 spiro atoms. The average molecular weight is 496 g/mol. The third-order valence-electron chi connectivity index (χ3n) is 13.4. The van der Waals surface area contributed by atoms with E-state index in [1.54, 1.807) is 5.46 Å². The van der Waals surface area contributed by atoms with Gasteiger partial charge in [-0.25, -0.2) is 4.99 Å². The summed E-state index contributed by atoms with van der Waals surface area (Å²) in [5, 5.41) is 0. The SMILES string of the molecule is c1ccc(B2C3CCCCC3N3C4=NC5CCCCC5N4C4CC5CCCCC5C5CCC2C3C54)cc1. The Balaban J connectivity index is 1.21. The van der Waals surface area contributed by atoms with Crippen LogP contribution in [0.3, 0.4) is 0 Å². The van der Waals surface area contributed by atoms with Gasteiger partial charge in [0.1, 0.15) is 0 Å². The molecule has 37 heavy (non-hydrogen) atoms. The van der Waals surface area contributed by atoms with Gasteiger partial charge in [0.25, 0.3) is 0 Å². The van der Waals surface area contributed by atoms with Gasteiger partial charge >= 0.3 is 0 Å². The lowest BCUT2D eigenvalue weighted by Gasteiger charge is -2.69. The molecule has 0 amide bonds. The summed E-state index contributed by atoms with van der Waals surface area (Å²) in [7, 11) is 0. The molecule has 0 N–H and O–H groups in total. The third-order valence-corrected chi connectivity index (χ3v) is 13.4. The second-order valence-corrected chi connectivity index (χ2v) is 14.6. The number of fused-ring (bicyclic) bond motifs is 9. The molecule has 3 nitrogen and oxygen atoms in total. The summed E-state index contributed by atoms with van der Waals surface area (Å²) >= 11 is 0. The minimum absolute atomic E-state index is 0.596. The molecular weight excluding hydrogens is 449 g/mol. The molecular formula is C33H46BN3. The topological polar surface area (TPSA) is 18.8 Å². The second-order valence-electron chi connectivity index (χ2n) is 14.6. The van der Waals surface area contributed by atoms with Crippen LogP contribution in [0, 0.1) is 23.7 Å². The molecule has 0 aromatic heterocycles. The van der Waals surface area contributed by atoms with Crippen molar-refractivity contribution in [3.05, 3.63) is 30.3 Å². The van der Waals surface area contributed by atoms with Crippen molar-refractivity contribution in [1.29, 1.82) is 0 Å². The van der Waals surface area contributed by atoms with Crippen LogP contribution in [0.1, 0.15) is 96.3 Å². The fourth-order valence-corrected chi connectivity index (χ4v) is 12.4. The van der Waals surface area contributed by atoms with Gasteiger partial charge in [-0.15, -0.1) is 0 Å². The van der Waals surface area contributed by atoms with Gasteiger partial charge in [0.2, 0.25) is 0 Å². The molecule has 9 rings (SSSR count). The van der Waals surface area contributed by atoms with Crippen LogP contribution in [-0.2, 0) is 0 Å². The Hall–Kier alpha value is -1.45. The maximum atomic E-state index is 5.75. The van der Waals surface area contributed by atoms with Crippen molar-refractivity contribution in [2.75, 3.05) is 0 Å². The molecule has 4 heteroatoms. The molecule has 11 atom stereocenters. The molecule has 5 aliphatic carbocycles. The zero-order valence-corrected chi connectivity index (χ0v) is 22.8. The Labute approximate surface area is 224 Å². The molecule has 2 saturated heterocycles. The van der Waals surface area contributed by atoms with E-state index in [1.807, 2.05) is 0 Å². The van der Waals surface area contributed by atoms with Crippen LogP contribution in [0.2, 0.25) is 11.6 Å². The number of hydrogen-bond acceptors (Lipinski definition) is 3. The normalized spacial score (nSPS) is 47.7. The van der Waals surface area contributed by atoms with Crippen molar-refractivity contribution >= 4 is 18.1 Å². The molecule has 5 saturated carbocycles. The van der Waals surface area contributed by atoms with Crippen LogP contribution in [0.25, 0.3) is 0 Å². The average Bonchev–Trinajstić information content (AvgIpc) is 3.35. The fourth-order valence-electron chi connectivity index (χ4n) is 12.4. The van der Waals surface area contributed by atoms with Gasteiger partial charge in [-0.05, 0) is 61.5 Å². The molecule has 0 bridgehead atoms. The van der Waals surface area contributed by atoms with Crippen molar-refractivity contribution in [2.45, 2.75) is 138 Å². The van der Waals surface area contributed by atoms with Crippen LogP contribution in [-0.4, -0.2) is 52.7 Å². The highest BCUT2D eigenvalue weighted by atomic mass is 15.5. The first-order valence-corrected chi connectivity index (χ1v) is 16.6. The van der Waals surface area contributed by atoms with Crippen molar-refractivity contribution in [2.24, 2.45) is 28.7 Å². The van der Waals surface area contributed by atoms with Gasteiger partial charge in [-0.2, -0.15) is 0 Å². The maximum absolute atomic E-state index is 5.75. The molecule has 3 aliphatic heterocycles. The lowest BCUT2D eigenvalue weighted by molar-refractivity contribution is -0.101. The Bertz CT molecular complexity index is 1060. The largest absolute Gasteiger partial charge is 0.337 e. The van der Waals surface area contributed by atoms with E-state index < -0.39 is 0 Å². The van der Waals surface area contributed by atoms with E-state index >= 15 is 0 Å². The molecule has 8 aliphatic rings. The first-order chi connectivity index (χ1) is 18.4. The smallest absolute Gasteiger partial charge is 0.198 e. The summed E-state index contributed by atoms with van der Waals surface area (Å²) < 4.78 is 0. The van der Waals surface area contributed by atoms with Crippen molar-refractivity contribution in [3.63, 3.8) is 0 Å². The van der Waals surface area contributed by atoms with Crippen LogP contribution in [0.4, 0.5) is 0 Å². The second kappa shape index (κ2) is 8.53. The van der Waals surface area contributed by atoms with Gasteiger partial charge < -0.3 is 9.80 Å². The Morgan fingerprint density at radius 3 is 2.35 bits per heavy atom. The molecule has 196 valence electrons. The summed E-state index contributed by atoms with van der Waals surface area (Å²) in [6.07, 6.45) is 21.9. The molecule has 1 aromatic rings. The maximum Gasteiger partial charge on any atom is 0.198 e. The number of hydrogen-bond donors (Lipinski definition) is 0. The van der Waals surface area contributed by atoms with Gasteiger partial charge in [-0.3, -0.25) is 0 Å². The Kier molecular flexibility index (Phi) is 5.16. The van der Waals surface area contributed by atoms with Crippen LogP contribution < -0.4 is 5.46 Å². The molecule has 11 unspecified atom stereocenters. The number of guanidine groups is 1. The van der Waals surface area contributed by atoms with Gasteiger partial charge in [0.05, 0.1) is 12.1 Å². The number of rotatable bonds is 1. The van der Waals surface area contributed by atoms with E-state index in [0.29, 0.717) is 6.04 Å². The zero-order chi connectivity index (χ0) is 24.1. The summed E-state index contributed by atoms with van der Waals surface area (Å²) in [5.41, 5.74) is 1.68. The minimum atomic E-state index is 0.596. The predicted molar refractivity (Wildman–Crippen MR) is 153 cm³/mol. The first-order valence-electron chi connectivity index (χ1n) is 16.6. The molecule has 7 fully saturated rings. The van der Waals surface area contributed by atoms with E-state index in [9.17, 15) is 0 Å². The van der Waals surface area contributed by atoms with E-state index in [1.165, 1.54) is 102 Å². The highest BCUT2D eigenvalue weighted by Gasteiger charge is 2.66. The van der Waals surface area contributed by atoms with Crippen LogP contribution >= 0.6 is 0 Å². The predicted octanol–water partition coefficient (Wildman–Crippen LogP) is 6.36. The summed E-state index contributed by atoms with van der Waals surface area (Å²) in [4.78, 5) is 11.9. The lowest BCUT2D eigenvalue weighted by atomic mass is 9.23. The zero-order valence-electron chi connectivity index (χ0n) is 22.8. The number of aliphatic imine (C=N–C) groups is 1. The standard InChI is InChI=1S/C33H46BN3/c1-2-11-22(12-3-1)34-25-14-6-8-16-28(25)37-32-26(34)19-18-24-23-13-5-4-10-21(23)20-30(31(24)32)36-29-17-9-7-15-27(29)35-33(36)37/h1-3,11-12,21,23-32H,4-10,13-20H2. The van der Waals surface area contributed by atoms with Gasteiger partial charge in [0.15, 0.2) is 12.7 Å². The molecule has 0 radical (unpaired) electrons. The van der Waals surface area contributed by atoms with Crippen molar-refractivity contribution in [1.82, 2.24) is 9.80 Å². The minimum Gasteiger partial charge on any atom is -0.337 e. The van der Waals surface area contributed by atoms with Crippen LogP contribution in [0.5, 0.6) is 0 Å². The van der Waals surface area contributed by atoms with Crippen LogP contribution in [0.15, 0.2) is 35.3 Å². The van der Waals surface area contributed by atoms with Gasteiger partial charge in [-0.1, -0.05) is 100 Å².